The number of carbonyl (C=O) groups excluding carboxylic acids is 1. The van der Waals surface area contributed by atoms with Crippen LogP contribution >= 0.6 is 23.3 Å². The monoisotopic (exact) mass is 426 g/mol. The van der Waals surface area contributed by atoms with Crippen LogP contribution < -0.4 is 10.1 Å². The number of nitrogens with zero attached hydrogens (tertiary/aromatic N) is 3. The van der Waals surface area contributed by atoms with E-state index in [1.54, 1.807) is 42.5 Å². The van der Waals surface area contributed by atoms with Gasteiger partial charge in [0.25, 0.3) is 5.91 Å². The lowest BCUT2D eigenvalue weighted by Crippen LogP contribution is -2.13. The van der Waals surface area contributed by atoms with Crippen molar-refractivity contribution in [3.63, 3.8) is 0 Å². The molecule has 0 bridgehead atoms. The number of nitrogens with one attached hydrogen (secondary N) is 1. The molecular weight excluding hydrogens is 411 g/mol. The highest BCUT2D eigenvalue weighted by molar-refractivity contribution is 7.98. The Labute approximate surface area is 175 Å². The van der Waals surface area contributed by atoms with Gasteiger partial charge in [0.05, 0.1) is 0 Å². The van der Waals surface area contributed by atoms with E-state index in [1.807, 2.05) is 12.3 Å². The van der Waals surface area contributed by atoms with Crippen molar-refractivity contribution in [3.05, 3.63) is 71.0 Å². The molecule has 0 saturated carbocycles. The topological polar surface area (TPSA) is 87.9 Å². The minimum atomic E-state index is -0.559. The van der Waals surface area contributed by atoms with Crippen molar-refractivity contribution in [1.82, 2.24) is 9.36 Å². The highest BCUT2D eigenvalue weighted by Gasteiger charge is 2.12. The molecule has 3 aromatic rings. The van der Waals surface area contributed by atoms with Crippen LogP contribution in [0.1, 0.15) is 11.1 Å². The summed E-state index contributed by atoms with van der Waals surface area (Å²) >= 11 is 2.41. The van der Waals surface area contributed by atoms with Gasteiger partial charge in [-0.3, -0.25) is 10.1 Å². The lowest BCUT2D eigenvalue weighted by atomic mass is 10.1. The first-order valence-corrected chi connectivity index (χ1v) is 10.4. The molecule has 2 aromatic carbocycles. The first kappa shape index (κ1) is 20.5. The number of carbonyl (C=O) groups is 1. The van der Waals surface area contributed by atoms with Crippen molar-refractivity contribution >= 4 is 40.4 Å². The highest BCUT2D eigenvalue weighted by atomic mass is 32.2. The van der Waals surface area contributed by atoms with E-state index in [4.69, 9.17) is 4.74 Å². The van der Waals surface area contributed by atoms with E-state index in [0.29, 0.717) is 27.2 Å². The second-order valence-electron chi connectivity index (χ2n) is 5.66. The maximum atomic E-state index is 13.6. The van der Waals surface area contributed by atoms with Crippen LogP contribution in [-0.4, -0.2) is 21.5 Å². The van der Waals surface area contributed by atoms with Gasteiger partial charge >= 0.3 is 0 Å². The molecule has 1 N–H and O–H groups in total. The number of hydrogen-bond donors (Lipinski definition) is 1. The van der Waals surface area contributed by atoms with E-state index in [1.165, 1.54) is 23.9 Å². The molecular formula is C20H15FN4O2S2. The number of nitriles is 1. The molecule has 1 amide bonds. The number of amides is 1. The normalized spacial score (nSPS) is 11.0. The molecule has 0 radical (unpaired) electrons. The van der Waals surface area contributed by atoms with Crippen LogP contribution in [-0.2, 0) is 11.4 Å². The molecule has 0 aliphatic carbocycles. The van der Waals surface area contributed by atoms with Crippen LogP contribution in [0.3, 0.4) is 0 Å². The fourth-order valence-electron chi connectivity index (χ4n) is 2.26. The Morgan fingerprint density at radius 2 is 2.07 bits per heavy atom. The molecule has 0 spiro atoms. The van der Waals surface area contributed by atoms with Crippen LogP contribution in [0.5, 0.6) is 5.75 Å². The lowest BCUT2D eigenvalue weighted by molar-refractivity contribution is -0.112. The predicted octanol–water partition coefficient (Wildman–Crippen LogP) is 4.52. The summed E-state index contributed by atoms with van der Waals surface area (Å²) in [4.78, 5) is 16.4. The molecule has 0 saturated heterocycles. The largest absolute Gasteiger partial charge is 0.489 e. The van der Waals surface area contributed by atoms with Gasteiger partial charge in [0, 0.05) is 17.1 Å². The first-order chi connectivity index (χ1) is 14.1. The van der Waals surface area contributed by atoms with Crippen molar-refractivity contribution in [1.29, 1.82) is 5.26 Å². The summed E-state index contributed by atoms with van der Waals surface area (Å²) in [6, 6.07) is 15.1. The average Bonchev–Trinajstić information content (AvgIpc) is 3.19. The van der Waals surface area contributed by atoms with Gasteiger partial charge in [-0.15, -0.1) is 0 Å². The number of halogens is 1. The van der Waals surface area contributed by atoms with Gasteiger partial charge in [0.1, 0.15) is 29.8 Å². The number of ether oxygens (including phenoxy) is 1. The number of rotatable bonds is 7. The minimum Gasteiger partial charge on any atom is -0.489 e. The molecule has 0 unspecified atom stereocenters. The van der Waals surface area contributed by atoms with Crippen LogP contribution in [0, 0.1) is 17.1 Å². The van der Waals surface area contributed by atoms with E-state index < -0.39 is 5.91 Å². The molecule has 0 fully saturated rings. The average molecular weight is 426 g/mol. The van der Waals surface area contributed by atoms with Crippen molar-refractivity contribution in [2.75, 3.05) is 11.6 Å². The molecule has 1 heterocycles. The number of hydrogen-bond acceptors (Lipinski definition) is 7. The summed E-state index contributed by atoms with van der Waals surface area (Å²) in [5, 5.41) is 12.8. The Balaban J connectivity index is 1.64. The third-order valence-electron chi connectivity index (χ3n) is 3.72. The second-order valence-corrected chi connectivity index (χ2v) is 7.18. The zero-order valence-electron chi connectivity index (χ0n) is 15.3. The molecule has 0 aliphatic heterocycles. The van der Waals surface area contributed by atoms with E-state index in [2.05, 4.69) is 14.7 Å². The van der Waals surface area contributed by atoms with Gasteiger partial charge in [-0.1, -0.05) is 42.1 Å². The van der Waals surface area contributed by atoms with Crippen molar-refractivity contribution in [3.8, 4) is 11.8 Å². The first-order valence-electron chi connectivity index (χ1n) is 8.36. The summed E-state index contributed by atoms with van der Waals surface area (Å²) in [5.74, 6) is -0.334. The van der Waals surface area contributed by atoms with Gasteiger partial charge < -0.3 is 4.74 Å². The Morgan fingerprint density at radius 1 is 1.31 bits per heavy atom. The van der Waals surface area contributed by atoms with Crippen molar-refractivity contribution < 1.29 is 13.9 Å². The molecule has 1 aromatic heterocycles. The zero-order chi connectivity index (χ0) is 20.6. The van der Waals surface area contributed by atoms with Crippen LogP contribution in [0.25, 0.3) is 6.08 Å². The van der Waals surface area contributed by atoms with Crippen molar-refractivity contribution in [2.45, 2.75) is 11.8 Å². The molecule has 0 aliphatic rings. The van der Waals surface area contributed by atoms with Crippen molar-refractivity contribution in [2.24, 2.45) is 0 Å². The Hall–Kier alpha value is -3.22. The summed E-state index contributed by atoms with van der Waals surface area (Å²) < 4.78 is 23.3. The van der Waals surface area contributed by atoms with E-state index in [-0.39, 0.29) is 18.0 Å². The SMILES string of the molecule is CSc1nsc(NC(=O)/C(C#N)=C\c2ccc(OCc3ccccc3F)cc2)n1. The number of anilines is 1. The van der Waals surface area contributed by atoms with Crippen LogP contribution in [0.4, 0.5) is 9.52 Å². The van der Waals surface area contributed by atoms with E-state index in [0.717, 1.165) is 11.5 Å². The fraction of sp³-hybridized carbons (Fsp3) is 0.100. The Bertz CT molecular complexity index is 1070. The van der Waals surface area contributed by atoms with Gasteiger partial charge in [-0.25, -0.2) is 4.39 Å². The van der Waals surface area contributed by atoms with Gasteiger partial charge in [0.2, 0.25) is 10.3 Å². The zero-order valence-corrected chi connectivity index (χ0v) is 16.9. The summed E-state index contributed by atoms with van der Waals surface area (Å²) in [7, 11) is 0. The van der Waals surface area contributed by atoms with Gasteiger partial charge in [-0.2, -0.15) is 14.6 Å². The number of aromatic nitrogens is 2. The molecule has 29 heavy (non-hydrogen) atoms. The lowest BCUT2D eigenvalue weighted by Gasteiger charge is -2.07. The van der Waals surface area contributed by atoms with Gasteiger partial charge in [0.15, 0.2) is 0 Å². The standard InChI is InChI=1S/C20H15FN4O2S2/c1-28-20-24-19(29-25-20)23-18(26)15(11-22)10-13-6-8-16(9-7-13)27-12-14-4-2-3-5-17(14)21/h2-10H,12H2,1H3,(H,23,24,25,26)/b15-10-. The summed E-state index contributed by atoms with van der Waals surface area (Å²) in [6.07, 6.45) is 3.30. The van der Waals surface area contributed by atoms with Gasteiger partial charge in [-0.05, 0) is 36.1 Å². The smallest absolute Gasteiger partial charge is 0.268 e. The molecule has 146 valence electrons. The highest BCUT2D eigenvalue weighted by Crippen LogP contribution is 2.20. The maximum Gasteiger partial charge on any atom is 0.268 e. The Morgan fingerprint density at radius 3 is 2.72 bits per heavy atom. The third-order valence-corrected chi connectivity index (χ3v) is 5.01. The fourth-order valence-corrected chi connectivity index (χ4v) is 3.38. The van der Waals surface area contributed by atoms with E-state index >= 15 is 0 Å². The summed E-state index contributed by atoms with van der Waals surface area (Å²) in [5.41, 5.74) is 1.05. The predicted molar refractivity (Wildman–Crippen MR) is 111 cm³/mol. The van der Waals surface area contributed by atoms with Crippen LogP contribution in [0.15, 0.2) is 59.3 Å². The molecule has 0 atom stereocenters. The summed E-state index contributed by atoms with van der Waals surface area (Å²) in [6.45, 7) is 0.105. The Kier molecular flexibility index (Phi) is 6.94. The number of benzene rings is 2. The maximum absolute atomic E-state index is 13.6. The second kappa shape index (κ2) is 9.82. The molecule has 3 rings (SSSR count). The third kappa shape index (κ3) is 5.63. The van der Waals surface area contributed by atoms with E-state index in [9.17, 15) is 14.4 Å². The van der Waals surface area contributed by atoms with Crippen LogP contribution in [0.2, 0.25) is 0 Å². The quantitative estimate of drug-likeness (QED) is 0.339. The minimum absolute atomic E-state index is 0.0640. The molecule has 6 nitrogen and oxygen atoms in total. The molecule has 9 heteroatoms. The number of thioether (sulfide) groups is 1.